The second kappa shape index (κ2) is 50.6. The van der Waals surface area contributed by atoms with Crippen LogP contribution in [0.15, 0.2) is 176 Å². The Bertz CT molecular complexity index is 4880. The summed E-state index contributed by atoms with van der Waals surface area (Å²) in [5.74, 6) is -6.30. The minimum Gasteiger partial charge on any atom is -0.507 e. The van der Waals surface area contributed by atoms with Crippen LogP contribution in [0.25, 0.3) is 6.08 Å². The second-order valence-corrected chi connectivity index (χ2v) is 32.8. The highest BCUT2D eigenvalue weighted by molar-refractivity contribution is 8.26. The van der Waals surface area contributed by atoms with Crippen LogP contribution in [0.4, 0.5) is 30.7 Å². The number of hydrogen-bond donors (Lipinski definition) is 6. The molecule has 3 aliphatic rings. The number of phenolic OH excluding ortho intramolecular Hbond substituents is 2. The van der Waals surface area contributed by atoms with E-state index < -0.39 is 85.1 Å². The molecule has 0 radical (unpaired) electrons. The number of carbonyl (C=O) groups excluding carboxylic acids is 3. The molecule has 121 heavy (non-hydrogen) atoms. The van der Waals surface area contributed by atoms with Gasteiger partial charge >= 0.3 is 29.8 Å². The molecule has 0 amide bonds. The van der Waals surface area contributed by atoms with Crippen LogP contribution >= 0.6 is 44.6 Å². The summed E-state index contributed by atoms with van der Waals surface area (Å²) < 4.78 is 138. The van der Waals surface area contributed by atoms with Gasteiger partial charge in [-0.15, -0.1) is 23.2 Å². The number of benzene rings is 7. The topological polar surface area (TPSA) is 288 Å². The molecule has 6 N–H and O–H groups in total. The molecule has 0 unspecified atom stereocenters. The monoisotopic (exact) mass is 1790 g/mol. The number of aromatic hydroxyl groups is 3. The molecule has 10 rings (SSSR count). The number of ether oxygens (including phenoxy) is 7. The molecule has 0 saturated heterocycles. The van der Waals surface area contributed by atoms with Crippen LogP contribution in [0.3, 0.4) is 0 Å². The van der Waals surface area contributed by atoms with Gasteiger partial charge in [0, 0.05) is 85.5 Å². The number of phenols is 3. The zero-order chi connectivity index (χ0) is 91.8. The van der Waals surface area contributed by atoms with E-state index in [0.717, 1.165) is 99.7 Å². The lowest BCUT2D eigenvalue weighted by Gasteiger charge is -2.17. The Kier molecular flexibility index (Phi) is 45.4. The van der Waals surface area contributed by atoms with Gasteiger partial charge in [0.05, 0.1) is 12.5 Å². The summed E-state index contributed by atoms with van der Waals surface area (Å²) in [6, 6.07) is 18.8. The van der Waals surface area contributed by atoms with E-state index in [4.69, 9.17) is 81.0 Å². The maximum atomic E-state index is 13.5. The summed E-state index contributed by atoms with van der Waals surface area (Å²) in [4.78, 5) is 56.5. The normalized spacial score (nSPS) is 12.4. The Morgan fingerprint density at radius 2 is 0.793 bits per heavy atom. The van der Waals surface area contributed by atoms with Gasteiger partial charge in [0.1, 0.15) is 152 Å². The molecule has 0 bridgehead atoms. The van der Waals surface area contributed by atoms with Crippen molar-refractivity contribution in [2.24, 2.45) is 0 Å². The molecular formula is C90H103Cl4F7O19S. The van der Waals surface area contributed by atoms with Gasteiger partial charge in [-0.2, -0.15) is 0 Å². The number of carboxylic acid groups (broad SMARTS) is 2. The number of alkyl halides is 2. The summed E-state index contributed by atoms with van der Waals surface area (Å²) in [5.41, 5.74) is 7.87. The molecule has 0 aromatic heterocycles. The Morgan fingerprint density at radius 1 is 0.455 bits per heavy atom. The molecule has 31 heteroatoms. The Morgan fingerprint density at radius 3 is 1.18 bits per heavy atom. The van der Waals surface area contributed by atoms with Crippen LogP contribution in [0.5, 0.6) is 40.2 Å². The number of aliphatic hydroxyl groups excluding tert-OH is 1. The van der Waals surface area contributed by atoms with Gasteiger partial charge < -0.3 is 63.8 Å². The van der Waals surface area contributed by atoms with Crippen LogP contribution < -0.4 is 18.9 Å². The molecule has 3 heterocycles. The Labute approximate surface area is 723 Å². The van der Waals surface area contributed by atoms with Crippen LogP contribution in [-0.2, 0) is 61.6 Å². The molecule has 0 aliphatic carbocycles. The maximum absolute atomic E-state index is 13.5. The van der Waals surface area contributed by atoms with Gasteiger partial charge in [0.25, 0.3) is 0 Å². The zero-order valence-corrected chi connectivity index (χ0v) is 72.7. The van der Waals surface area contributed by atoms with E-state index in [1.165, 1.54) is 48.5 Å². The number of hydrogen-bond acceptors (Lipinski definition) is 17. The lowest BCUT2D eigenvalue weighted by molar-refractivity contribution is 0.0526. The molecule has 7 aromatic carbocycles. The first kappa shape index (κ1) is 108. The summed E-state index contributed by atoms with van der Waals surface area (Å²) in [6.45, 7) is 47.7. The fraction of sp³-hybridized carbons (Fsp3) is 0.322. The van der Waals surface area contributed by atoms with Gasteiger partial charge in [0.2, 0.25) is 9.23 Å². The van der Waals surface area contributed by atoms with E-state index in [2.05, 4.69) is 60.8 Å². The number of halogens is 11. The third kappa shape index (κ3) is 39.2. The minimum absolute atomic E-state index is 0. The number of aromatic carboxylic acids is 2. The van der Waals surface area contributed by atoms with Crippen molar-refractivity contribution in [2.45, 2.75) is 159 Å². The predicted octanol–water partition coefficient (Wildman–Crippen LogP) is 22.8. The smallest absolute Gasteiger partial charge is 0.342 e. The fourth-order valence-corrected chi connectivity index (χ4v) is 10.7. The van der Waals surface area contributed by atoms with Crippen molar-refractivity contribution >= 4 is 89.7 Å². The van der Waals surface area contributed by atoms with E-state index in [0.29, 0.717) is 70.1 Å². The summed E-state index contributed by atoms with van der Waals surface area (Å²) in [7, 11) is 7.36. The summed E-state index contributed by atoms with van der Waals surface area (Å²) in [5, 5.41) is 55.1. The van der Waals surface area contributed by atoms with Crippen molar-refractivity contribution in [2.75, 3.05) is 32.3 Å². The Hall–Kier alpha value is -10.6. The van der Waals surface area contributed by atoms with Crippen LogP contribution in [0.2, 0.25) is 0 Å². The third-order valence-corrected chi connectivity index (χ3v) is 15.9. The highest BCUT2D eigenvalue weighted by Gasteiger charge is 2.36. The van der Waals surface area contributed by atoms with E-state index in [9.17, 15) is 64.9 Å². The third-order valence-electron chi connectivity index (χ3n) is 15.1. The Balaban J connectivity index is 0.000000696. The zero-order valence-electron chi connectivity index (χ0n) is 68.9. The first-order valence-corrected chi connectivity index (χ1v) is 39.9. The summed E-state index contributed by atoms with van der Waals surface area (Å²) in [6.07, 6.45) is 3.84. The lowest BCUT2D eigenvalue weighted by atomic mass is 10.0. The first-order valence-electron chi connectivity index (χ1n) is 36.0. The minimum atomic E-state index is -1.67. The molecule has 0 fully saturated rings. The molecule has 0 atom stereocenters. The number of carboxylic acids is 2. The van der Waals surface area contributed by atoms with Gasteiger partial charge in [-0.25, -0.2) is 58.9 Å². The molecule has 19 nitrogen and oxygen atoms in total. The average Bonchev–Trinajstić information content (AvgIpc) is 1.65. The number of carbonyl (C=O) groups is 5. The molecule has 0 saturated carbocycles. The van der Waals surface area contributed by atoms with Gasteiger partial charge in [-0.1, -0.05) is 69.7 Å². The fourth-order valence-electron chi connectivity index (χ4n) is 10.5. The molecule has 660 valence electrons. The predicted molar refractivity (Wildman–Crippen MR) is 460 cm³/mol. The van der Waals surface area contributed by atoms with Crippen LogP contribution in [-0.4, -0.2) is 114 Å². The number of fused-ring (bicyclic) bond motifs is 3. The van der Waals surface area contributed by atoms with Crippen molar-refractivity contribution in [3.63, 3.8) is 0 Å². The highest BCUT2D eigenvalue weighted by Crippen LogP contribution is 2.42. The van der Waals surface area contributed by atoms with Crippen LogP contribution in [0, 0.1) is 40.7 Å². The quantitative estimate of drug-likeness (QED) is 0.0103. The van der Waals surface area contributed by atoms with Crippen LogP contribution in [0.1, 0.15) is 195 Å². The molecular weight excluding hydrogens is 1690 g/mol. The van der Waals surface area contributed by atoms with Crippen molar-refractivity contribution in [1.82, 2.24) is 0 Å². The number of esters is 3. The molecule has 7 aromatic rings. The van der Waals surface area contributed by atoms with E-state index in [1.54, 1.807) is 40.7 Å². The van der Waals surface area contributed by atoms with Gasteiger partial charge in [-0.05, 0) is 223 Å². The largest absolute Gasteiger partial charge is 0.507 e. The highest BCUT2D eigenvalue weighted by atomic mass is 36.0. The first-order chi connectivity index (χ1) is 55.5. The second-order valence-electron chi connectivity index (χ2n) is 29.7. The van der Waals surface area contributed by atoms with E-state index >= 15 is 0 Å². The van der Waals surface area contributed by atoms with Gasteiger partial charge in [0.15, 0.2) is 0 Å². The maximum Gasteiger partial charge on any atom is 0.342 e. The van der Waals surface area contributed by atoms with E-state index in [-0.39, 0.29) is 114 Å². The van der Waals surface area contributed by atoms with Gasteiger partial charge in [-0.3, -0.25) is 0 Å². The number of aliphatic hydroxyl groups is 1. The molecule has 3 aliphatic heterocycles. The number of rotatable bonds is 20. The van der Waals surface area contributed by atoms with Crippen molar-refractivity contribution in [3.05, 3.63) is 283 Å². The standard InChI is InChI=1S/3C15H17FO3.C11H12ClFO.C11H11FO3.C11H13FO2.C7H5FO3.C4H7Cl.CH4.Cl2OS/c2*1-9(2)5-11-6-12(16)7-13(14(11)17)15(18)19-8-10(3)4;1-10(2)8-18-14-6-5-12(16)7-13(14)15(17)19-9-11(3)4;1-11(2)5-7-3-9(13)4-8(6-12)10(7)14-11;1-11(2)5-6-3-7(12)4-8(10(13)14)9(6)15-11;1-11(2)5-7-3-9(12)4-8(6-13)10(7)14-11;8-4-1-2-6(9)5(3-4)7(10)11;1-4(2)3-5;;1-4(2)3/h5-7,17H,3,8H2,1-2,4H3;6-7,17H,1,3,5,8H2,2,4H3;5-7H,1,3,8-9H2,2,4H3;3-4H,5-6H2,1-2H3;3-4H,5H2,1-2H3,(H,13,14);3-4,13H,5-6H2,1-2H3;1-3,9H,(H,10,11);1,3H2,2H3;1H4;. The molecule has 0 spiro atoms. The van der Waals surface area contributed by atoms with Crippen molar-refractivity contribution in [1.29, 1.82) is 0 Å². The van der Waals surface area contributed by atoms with E-state index in [1.807, 2.05) is 62.3 Å². The van der Waals surface area contributed by atoms with Crippen molar-refractivity contribution < 1.29 is 123 Å². The average molecular weight is 1800 g/mol. The van der Waals surface area contributed by atoms with Crippen molar-refractivity contribution in [3.8, 4) is 40.2 Å². The summed E-state index contributed by atoms with van der Waals surface area (Å²) >= 11 is 11.0. The number of allylic oxidation sites excluding steroid dienone is 3. The lowest BCUT2D eigenvalue weighted by Crippen LogP contribution is -2.25. The SMILES string of the molecule is C.C=C(C)CCl.C=C(C)COC(=O)c1cc(F)cc(C=C(C)C)c1O.C=C(C)COC(=O)c1cc(F)cc(CC(=C)C)c1O.C=C(C)COC(=O)c1cc(F)ccc1OCC(=C)C.CC1(C)Cc2cc(F)cc(C(=O)O)c2O1.CC1(C)Cc2cc(F)cc(CCl)c2O1.CC1(C)Cc2cc(F)cc(CO)c2O1.O=C(O)c1cc(F)ccc1O.O=S(Cl)Cl.